The maximum absolute atomic E-state index is 4.34. The van der Waals surface area contributed by atoms with Gasteiger partial charge in [0, 0.05) is 50.2 Å². The first kappa shape index (κ1) is 16.6. The maximum Gasteiger partial charge on any atom is 0.193 e. The fourth-order valence-electron chi connectivity index (χ4n) is 2.30. The van der Waals surface area contributed by atoms with Gasteiger partial charge in [0.1, 0.15) is 0 Å². The zero-order chi connectivity index (χ0) is 16.1. The van der Waals surface area contributed by atoms with E-state index in [2.05, 4.69) is 53.1 Å². The molecular weight excluding hydrogens is 344 g/mol. The van der Waals surface area contributed by atoms with Crippen molar-refractivity contribution in [2.45, 2.75) is 20.0 Å². The van der Waals surface area contributed by atoms with Crippen molar-refractivity contribution in [3.05, 3.63) is 40.4 Å². The van der Waals surface area contributed by atoms with Crippen molar-refractivity contribution in [3.63, 3.8) is 0 Å². The van der Waals surface area contributed by atoms with Gasteiger partial charge in [0.15, 0.2) is 5.96 Å². The van der Waals surface area contributed by atoms with Gasteiger partial charge in [-0.1, -0.05) is 0 Å². The summed E-state index contributed by atoms with van der Waals surface area (Å²) in [6.07, 6.45) is 5.96. The van der Waals surface area contributed by atoms with Gasteiger partial charge in [-0.2, -0.15) is 5.10 Å². The normalized spacial score (nSPS) is 11.8. The summed E-state index contributed by atoms with van der Waals surface area (Å²) >= 11 is 3.50. The zero-order valence-electron chi connectivity index (χ0n) is 13.5. The molecule has 0 unspecified atom stereocenters. The van der Waals surface area contributed by atoms with E-state index in [9.17, 15) is 0 Å². The van der Waals surface area contributed by atoms with Crippen LogP contribution in [0.15, 0.2) is 34.1 Å². The number of halogens is 1. The van der Waals surface area contributed by atoms with Crippen LogP contribution >= 0.6 is 15.9 Å². The van der Waals surface area contributed by atoms with Gasteiger partial charge < -0.3 is 14.8 Å². The number of aryl methyl sites for hydroxylation is 2. The van der Waals surface area contributed by atoms with Crippen LogP contribution in [0.1, 0.15) is 11.3 Å². The molecule has 2 heterocycles. The summed E-state index contributed by atoms with van der Waals surface area (Å²) in [4.78, 5) is 6.45. The number of hydrogen-bond acceptors (Lipinski definition) is 2. The number of nitrogens with zero attached hydrogens (tertiary/aromatic N) is 5. The van der Waals surface area contributed by atoms with Crippen LogP contribution in [0.4, 0.5) is 0 Å². The molecule has 2 aromatic rings. The molecule has 6 nitrogen and oxygen atoms in total. The fourth-order valence-corrected chi connectivity index (χ4v) is 2.87. The lowest BCUT2D eigenvalue weighted by atomic mass is 10.4. The monoisotopic (exact) mass is 366 g/mol. The first-order chi connectivity index (χ1) is 10.5. The molecule has 22 heavy (non-hydrogen) atoms. The van der Waals surface area contributed by atoms with Crippen molar-refractivity contribution in [2.75, 3.05) is 20.6 Å². The first-order valence-electron chi connectivity index (χ1n) is 7.21. The van der Waals surface area contributed by atoms with Crippen molar-refractivity contribution in [3.8, 4) is 0 Å². The molecule has 120 valence electrons. The van der Waals surface area contributed by atoms with Gasteiger partial charge in [-0.3, -0.25) is 9.67 Å². The number of aliphatic imine (C=N–C) groups is 1. The third-order valence-electron chi connectivity index (χ3n) is 3.43. The second-order valence-corrected chi connectivity index (χ2v) is 6.29. The Morgan fingerprint density at radius 2 is 2.23 bits per heavy atom. The predicted molar refractivity (Wildman–Crippen MR) is 92.9 cm³/mol. The van der Waals surface area contributed by atoms with Crippen LogP contribution in [0.25, 0.3) is 0 Å². The van der Waals surface area contributed by atoms with E-state index in [0.717, 1.165) is 30.1 Å². The van der Waals surface area contributed by atoms with Crippen LogP contribution in [0, 0.1) is 6.92 Å². The smallest absolute Gasteiger partial charge is 0.193 e. The number of guanidine groups is 1. The largest absolute Gasteiger partial charge is 0.354 e. The third kappa shape index (κ3) is 4.37. The highest BCUT2D eigenvalue weighted by atomic mass is 79.9. The summed E-state index contributed by atoms with van der Waals surface area (Å²) in [5, 5.41) is 7.65. The standard InChI is InChI=1S/C15H23BrN6/c1-12-8-19-22(9-12)6-5-18-15(17-2)21(4)11-14-7-13(16)10-20(14)3/h7-10H,5-6,11H2,1-4H3,(H,17,18). The quantitative estimate of drug-likeness (QED) is 0.650. The molecule has 1 N–H and O–H groups in total. The second-order valence-electron chi connectivity index (χ2n) is 5.37. The molecule has 0 fully saturated rings. The SMILES string of the molecule is CN=C(NCCn1cc(C)cn1)N(C)Cc1cc(Br)cn1C. The predicted octanol–water partition coefficient (Wildman–Crippen LogP) is 2.00. The van der Waals surface area contributed by atoms with Gasteiger partial charge in [-0.15, -0.1) is 0 Å². The number of aromatic nitrogens is 3. The van der Waals surface area contributed by atoms with Gasteiger partial charge in [0.05, 0.1) is 19.3 Å². The topological polar surface area (TPSA) is 50.4 Å². The lowest BCUT2D eigenvalue weighted by Crippen LogP contribution is -2.40. The number of rotatable bonds is 5. The lowest BCUT2D eigenvalue weighted by molar-refractivity contribution is 0.457. The molecule has 0 radical (unpaired) electrons. The van der Waals surface area contributed by atoms with Crippen LogP contribution in [-0.4, -0.2) is 45.8 Å². The third-order valence-corrected chi connectivity index (χ3v) is 3.87. The van der Waals surface area contributed by atoms with E-state index in [-0.39, 0.29) is 0 Å². The summed E-state index contributed by atoms with van der Waals surface area (Å²) < 4.78 is 5.14. The van der Waals surface area contributed by atoms with E-state index in [1.165, 1.54) is 11.3 Å². The fraction of sp³-hybridized carbons (Fsp3) is 0.467. The molecule has 0 aliphatic rings. The summed E-state index contributed by atoms with van der Waals surface area (Å²) in [6.45, 7) is 4.44. The molecule has 0 aliphatic carbocycles. The molecule has 0 atom stereocenters. The molecule has 0 amide bonds. The lowest BCUT2D eigenvalue weighted by Gasteiger charge is -2.22. The molecule has 0 saturated heterocycles. The maximum atomic E-state index is 4.34. The Kier molecular flexibility index (Phi) is 5.65. The summed E-state index contributed by atoms with van der Waals surface area (Å²) in [7, 11) is 5.89. The van der Waals surface area contributed by atoms with Crippen LogP contribution in [0.5, 0.6) is 0 Å². The Morgan fingerprint density at radius 1 is 1.45 bits per heavy atom. The van der Waals surface area contributed by atoms with E-state index in [4.69, 9.17) is 0 Å². The average molecular weight is 367 g/mol. The van der Waals surface area contributed by atoms with Crippen molar-refractivity contribution < 1.29 is 0 Å². The highest BCUT2D eigenvalue weighted by Crippen LogP contribution is 2.14. The van der Waals surface area contributed by atoms with Crippen LogP contribution in [0.2, 0.25) is 0 Å². The first-order valence-corrected chi connectivity index (χ1v) is 8.00. The van der Waals surface area contributed by atoms with Gasteiger partial charge in [0.25, 0.3) is 0 Å². The molecule has 0 aromatic carbocycles. The Hall–Kier alpha value is -1.76. The molecule has 2 rings (SSSR count). The van der Waals surface area contributed by atoms with Crippen molar-refractivity contribution in [1.29, 1.82) is 0 Å². The van der Waals surface area contributed by atoms with Crippen LogP contribution in [0.3, 0.4) is 0 Å². The Balaban J connectivity index is 1.86. The van der Waals surface area contributed by atoms with Gasteiger partial charge >= 0.3 is 0 Å². The summed E-state index contributed by atoms with van der Waals surface area (Å²) in [6, 6.07) is 2.12. The minimum absolute atomic E-state index is 0.787. The Labute approximate surface area is 140 Å². The van der Waals surface area contributed by atoms with Crippen molar-refractivity contribution >= 4 is 21.9 Å². The number of nitrogens with one attached hydrogen (secondary N) is 1. The van der Waals surface area contributed by atoms with E-state index >= 15 is 0 Å². The molecule has 0 spiro atoms. The Morgan fingerprint density at radius 3 is 2.77 bits per heavy atom. The minimum Gasteiger partial charge on any atom is -0.354 e. The highest BCUT2D eigenvalue weighted by Gasteiger charge is 2.09. The van der Waals surface area contributed by atoms with E-state index in [0.29, 0.717) is 0 Å². The van der Waals surface area contributed by atoms with E-state index < -0.39 is 0 Å². The zero-order valence-corrected chi connectivity index (χ0v) is 15.1. The number of hydrogen-bond donors (Lipinski definition) is 1. The molecule has 7 heteroatoms. The summed E-state index contributed by atoms with van der Waals surface area (Å²) in [5.41, 5.74) is 2.40. The second kappa shape index (κ2) is 7.49. The van der Waals surface area contributed by atoms with Crippen molar-refractivity contribution in [1.82, 2.24) is 24.6 Å². The van der Waals surface area contributed by atoms with Crippen LogP contribution < -0.4 is 5.32 Å². The highest BCUT2D eigenvalue weighted by molar-refractivity contribution is 9.10. The molecule has 0 aliphatic heterocycles. The van der Waals surface area contributed by atoms with E-state index in [1.54, 1.807) is 7.05 Å². The van der Waals surface area contributed by atoms with Crippen molar-refractivity contribution in [2.24, 2.45) is 12.0 Å². The van der Waals surface area contributed by atoms with Gasteiger partial charge in [-0.05, 0) is 34.5 Å². The minimum atomic E-state index is 0.787. The van der Waals surface area contributed by atoms with Crippen LogP contribution in [-0.2, 0) is 20.1 Å². The summed E-state index contributed by atoms with van der Waals surface area (Å²) in [5.74, 6) is 0.876. The van der Waals surface area contributed by atoms with Gasteiger partial charge in [-0.25, -0.2) is 0 Å². The van der Waals surface area contributed by atoms with E-state index in [1.807, 2.05) is 38.1 Å². The molecule has 2 aromatic heterocycles. The van der Waals surface area contributed by atoms with Gasteiger partial charge in [0.2, 0.25) is 0 Å². The molecular formula is C15H23BrN6. The molecule has 0 saturated carbocycles. The molecule has 0 bridgehead atoms. The Bertz CT molecular complexity index is 642. The average Bonchev–Trinajstić information content (AvgIpc) is 3.01.